The molecule has 2 atom stereocenters. The van der Waals surface area contributed by atoms with Crippen LogP contribution in [0.3, 0.4) is 0 Å². The Bertz CT molecular complexity index is 894. The molecule has 0 aromatic heterocycles. The molecule has 2 aromatic carbocycles. The van der Waals surface area contributed by atoms with Crippen LogP contribution in [0.4, 0.5) is 10.5 Å². The molecule has 1 aliphatic carbocycles. The van der Waals surface area contributed by atoms with Gasteiger partial charge < -0.3 is 10.5 Å². The minimum Gasteiger partial charge on any atom is -0.440 e. The van der Waals surface area contributed by atoms with E-state index in [1.807, 2.05) is 30.3 Å². The van der Waals surface area contributed by atoms with Crippen molar-refractivity contribution in [2.45, 2.75) is 24.4 Å². The maximum absolute atomic E-state index is 12.3. The number of halogens is 1. The normalized spacial score (nSPS) is 20.7. The molecule has 2 N–H and O–H groups in total. The molecule has 5 nitrogen and oxygen atoms in total. The van der Waals surface area contributed by atoms with Crippen LogP contribution in [0.25, 0.3) is 11.1 Å². The Morgan fingerprint density at radius 2 is 1.96 bits per heavy atom. The average Bonchev–Trinajstić information content (AvgIpc) is 3.14. The summed E-state index contributed by atoms with van der Waals surface area (Å²) in [5.74, 6) is -0.432. The number of hydrogen-bond acceptors (Lipinski definition) is 4. The SMILES string of the molecule is CC(=O)C(N)(Cl)[C@@H]1CN(c2ccc3c(c2)Cc2ccccc2-3)C(=O)O1. The molecule has 1 unspecified atom stereocenters. The number of alkyl halides is 1. The fourth-order valence-electron chi connectivity index (χ4n) is 3.42. The second-order valence-corrected chi connectivity index (χ2v) is 7.11. The molecule has 1 saturated heterocycles. The highest BCUT2D eigenvalue weighted by atomic mass is 35.5. The average molecular weight is 357 g/mol. The van der Waals surface area contributed by atoms with Gasteiger partial charge in [-0.2, -0.15) is 0 Å². The molecule has 0 spiro atoms. The maximum Gasteiger partial charge on any atom is 0.414 e. The lowest BCUT2D eigenvalue weighted by Crippen LogP contribution is -2.53. The Morgan fingerprint density at radius 1 is 1.24 bits per heavy atom. The molecular formula is C19H17ClN2O3. The zero-order chi connectivity index (χ0) is 17.8. The number of carbonyl (C=O) groups is 2. The number of cyclic esters (lactones) is 1. The number of Topliss-reactive ketones (excluding diaryl/α,β-unsaturated/α-hetero) is 1. The first-order valence-corrected chi connectivity index (χ1v) is 8.44. The minimum atomic E-state index is -1.71. The van der Waals surface area contributed by atoms with Gasteiger partial charge in [-0.25, -0.2) is 4.79 Å². The predicted molar refractivity (Wildman–Crippen MR) is 95.8 cm³/mol. The summed E-state index contributed by atoms with van der Waals surface area (Å²) in [6.45, 7) is 1.43. The number of amides is 1. The molecule has 1 amide bonds. The van der Waals surface area contributed by atoms with Crippen LogP contribution in [0.15, 0.2) is 42.5 Å². The van der Waals surface area contributed by atoms with Crippen LogP contribution in [-0.4, -0.2) is 29.5 Å². The third-order valence-electron chi connectivity index (χ3n) is 4.91. The summed E-state index contributed by atoms with van der Waals surface area (Å²) in [6, 6.07) is 14.1. The summed E-state index contributed by atoms with van der Waals surface area (Å²) in [6.07, 6.45) is -0.600. The van der Waals surface area contributed by atoms with Gasteiger partial charge in [0.05, 0.1) is 6.54 Å². The summed E-state index contributed by atoms with van der Waals surface area (Å²) in [4.78, 5) is 23.6. The third kappa shape index (κ3) is 2.51. The van der Waals surface area contributed by atoms with Gasteiger partial charge in [0, 0.05) is 5.69 Å². The smallest absolute Gasteiger partial charge is 0.414 e. The summed E-state index contributed by atoms with van der Waals surface area (Å²) < 4.78 is 5.24. The highest BCUT2D eigenvalue weighted by Crippen LogP contribution is 2.39. The molecule has 0 bridgehead atoms. The summed E-state index contributed by atoms with van der Waals surface area (Å²) >= 11 is 6.07. The number of rotatable bonds is 3. The number of fused-ring (bicyclic) bond motifs is 3. The number of benzene rings is 2. The lowest BCUT2D eigenvalue weighted by atomic mass is 10.0. The second-order valence-electron chi connectivity index (χ2n) is 6.48. The molecule has 128 valence electrons. The molecule has 2 aliphatic rings. The molecule has 1 fully saturated rings. The predicted octanol–water partition coefficient (Wildman–Crippen LogP) is 3.07. The van der Waals surface area contributed by atoms with Crippen molar-refractivity contribution in [1.82, 2.24) is 0 Å². The van der Waals surface area contributed by atoms with E-state index in [4.69, 9.17) is 22.1 Å². The third-order valence-corrected chi connectivity index (χ3v) is 5.42. The van der Waals surface area contributed by atoms with Crippen molar-refractivity contribution in [2.75, 3.05) is 11.4 Å². The Balaban J connectivity index is 1.63. The lowest BCUT2D eigenvalue weighted by Gasteiger charge is -2.23. The highest BCUT2D eigenvalue weighted by Gasteiger charge is 2.47. The molecule has 0 saturated carbocycles. The van der Waals surface area contributed by atoms with Crippen molar-refractivity contribution in [3.05, 3.63) is 53.6 Å². The zero-order valence-corrected chi connectivity index (χ0v) is 14.4. The topological polar surface area (TPSA) is 72.6 Å². The van der Waals surface area contributed by atoms with E-state index in [-0.39, 0.29) is 6.54 Å². The molecule has 6 heteroatoms. The zero-order valence-electron chi connectivity index (χ0n) is 13.7. The molecule has 1 heterocycles. The second kappa shape index (κ2) is 5.58. The Hall–Kier alpha value is -2.37. The number of nitrogens with zero attached hydrogens (tertiary/aromatic N) is 1. The van der Waals surface area contributed by atoms with Gasteiger partial charge in [-0.1, -0.05) is 41.9 Å². The largest absolute Gasteiger partial charge is 0.440 e. The van der Waals surface area contributed by atoms with Gasteiger partial charge in [0.1, 0.15) is 0 Å². The van der Waals surface area contributed by atoms with Gasteiger partial charge in [0.2, 0.25) is 0 Å². The molecule has 2 aromatic rings. The van der Waals surface area contributed by atoms with E-state index >= 15 is 0 Å². The van der Waals surface area contributed by atoms with E-state index in [0.717, 1.165) is 17.7 Å². The van der Waals surface area contributed by atoms with E-state index in [1.165, 1.54) is 28.5 Å². The summed E-state index contributed by atoms with van der Waals surface area (Å²) in [7, 11) is 0. The van der Waals surface area contributed by atoms with Gasteiger partial charge in [-0.3, -0.25) is 9.69 Å². The standard InChI is InChI=1S/C19H17ClN2O3/c1-11(23)19(20,21)17-10-22(18(24)25-17)14-6-7-16-13(9-14)8-12-4-2-3-5-15(12)16/h2-7,9,17H,8,10,21H2,1H3/t17-,19?/m0/s1. The van der Waals surface area contributed by atoms with Crippen LogP contribution in [0.1, 0.15) is 18.1 Å². The minimum absolute atomic E-state index is 0.143. The molecule has 25 heavy (non-hydrogen) atoms. The molecule has 0 radical (unpaired) electrons. The van der Waals surface area contributed by atoms with Crippen LogP contribution < -0.4 is 10.6 Å². The Labute approximate surface area is 150 Å². The number of carbonyl (C=O) groups excluding carboxylic acids is 2. The van der Waals surface area contributed by atoms with Gasteiger partial charge in [-0.15, -0.1) is 0 Å². The van der Waals surface area contributed by atoms with Crippen molar-refractivity contribution < 1.29 is 14.3 Å². The monoisotopic (exact) mass is 356 g/mol. The van der Waals surface area contributed by atoms with Crippen molar-refractivity contribution in [1.29, 1.82) is 0 Å². The fraction of sp³-hybridized carbons (Fsp3) is 0.263. The van der Waals surface area contributed by atoms with E-state index in [2.05, 4.69) is 12.1 Å². The number of ketones is 1. The van der Waals surface area contributed by atoms with Gasteiger partial charge >= 0.3 is 6.09 Å². The van der Waals surface area contributed by atoms with Crippen LogP contribution in [0, 0.1) is 0 Å². The van der Waals surface area contributed by atoms with E-state index in [0.29, 0.717) is 0 Å². The molecule has 1 aliphatic heterocycles. The first kappa shape index (κ1) is 16.1. The maximum atomic E-state index is 12.3. The van der Waals surface area contributed by atoms with Gasteiger partial charge in [0.25, 0.3) is 0 Å². The van der Waals surface area contributed by atoms with Gasteiger partial charge in [0.15, 0.2) is 16.9 Å². The van der Waals surface area contributed by atoms with Crippen LogP contribution >= 0.6 is 11.6 Å². The Kier molecular flexibility index (Phi) is 3.60. The summed E-state index contributed by atoms with van der Waals surface area (Å²) in [5.41, 5.74) is 11.4. The number of hydrogen-bond donors (Lipinski definition) is 1. The number of ether oxygens (including phenoxy) is 1. The number of nitrogens with two attached hydrogens (primary N) is 1. The molecule has 4 rings (SSSR count). The van der Waals surface area contributed by atoms with Gasteiger partial charge in [-0.05, 0) is 47.7 Å². The first-order valence-electron chi connectivity index (χ1n) is 8.06. The fourth-order valence-corrected chi connectivity index (χ4v) is 3.53. The van der Waals surface area contributed by atoms with E-state index < -0.39 is 23.0 Å². The highest BCUT2D eigenvalue weighted by molar-refractivity contribution is 6.35. The van der Waals surface area contributed by atoms with Crippen LogP contribution in [0.2, 0.25) is 0 Å². The Morgan fingerprint density at radius 3 is 2.72 bits per heavy atom. The first-order chi connectivity index (χ1) is 11.9. The van der Waals surface area contributed by atoms with Crippen molar-refractivity contribution in [3.8, 4) is 11.1 Å². The van der Waals surface area contributed by atoms with Crippen LogP contribution in [-0.2, 0) is 16.0 Å². The van der Waals surface area contributed by atoms with Crippen LogP contribution in [0.5, 0.6) is 0 Å². The van der Waals surface area contributed by atoms with Crippen molar-refractivity contribution >= 4 is 29.2 Å². The summed E-state index contributed by atoms with van der Waals surface area (Å²) in [5, 5.41) is 0. The lowest BCUT2D eigenvalue weighted by molar-refractivity contribution is -0.121. The number of anilines is 1. The quantitative estimate of drug-likeness (QED) is 0.578. The van der Waals surface area contributed by atoms with Crippen molar-refractivity contribution in [3.63, 3.8) is 0 Å². The van der Waals surface area contributed by atoms with Crippen molar-refractivity contribution in [2.24, 2.45) is 5.73 Å². The van der Waals surface area contributed by atoms with E-state index in [9.17, 15) is 9.59 Å². The van der Waals surface area contributed by atoms with E-state index in [1.54, 1.807) is 0 Å². The molecular weight excluding hydrogens is 340 g/mol.